The van der Waals surface area contributed by atoms with E-state index in [-0.39, 0.29) is 68.5 Å². The Hall–Kier alpha value is -3.45. The van der Waals surface area contributed by atoms with Gasteiger partial charge in [-0.3, -0.25) is 14.5 Å². The summed E-state index contributed by atoms with van der Waals surface area (Å²) in [6.07, 6.45) is -16.6. The second-order valence-corrected chi connectivity index (χ2v) is 35.7. The minimum absolute atomic E-state index is 0.0694. The van der Waals surface area contributed by atoms with Crippen LogP contribution in [0.3, 0.4) is 0 Å². The number of amides is 1. The van der Waals surface area contributed by atoms with Gasteiger partial charge < -0.3 is 123 Å². The van der Waals surface area contributed by atoms with Crippen molar-refractivity contribution in [3.63, 3.8) is 0 Å². The molecule has 29 heteroatoms. The third-order valence-corrected chi connectivity index (χ3v) is 26.7. The number of rotatable bonds is 19. The molecule has 10 rings (SSSR count). The molecule has 9 heterocycles. The second kappa shape index (κ2) is 36.8. The smallest absolute Gasteiger partial charge is 0.410 e. The molecule has 0 spiro atoms. The summed E-state index contributed by atoms with van der Waals surface area (Å²) in [7, 11) is 3.04. The van der Waals surface area contributed by atoms with Crippen molar-refractivity contribution in [2.45, 2.75) is 377 Å². The lowest BCUT2D eigenvalue weighted by Crippen LogP contribution is -2.62. The molecule has 9 aliphatic heterocycles. The van der Waals surface area contributed by atoms with Crippen molar-refractivity contribution in [3.8, 4) is 0 Å². The quantitative estimate of drug-likeness (QED) is 0.0563. The fourth-order valence-electron chi connectivity index (χ4n) is 19.8. The van der Waals surface area contributed by atoms with Gasteiger partial charge in [0.1, 0.15) is 54.4 Å². The number of piperazine rings is 1. The number of methoxy groups -OCH3 is 2. The van der Waals surface area contributed by atoms with Crippen molar-refractivity contribution in [3.05, 3.63) is 35.9 Å². The summed E-state index contributed by atoms with van der Waals surface area (Å²) in [5.74, 6) is -5.66. The largest absolute Gasteiger partial charge is 0.459 e. The maximum absolute atomic E-state index is 14.5. The fraction of sp³-hybridized carbons (Fsp3) is 0.890. The van der Waals surface area contributed by atoms with Crippen LogP contribution in [-0.2, 0) is 87.2 Å². The third kappa shape index (κ3) is 19.6. The highest BCUT2D eigenvalue weighted by Crippen LogP contribution is 2.52. The minimum atomic E-state index is -1.82. The van der Waals surface area contributed by atoms with Gasteiger partial charge in [0.05, 0.1) is 107 Å². The Morgan fingerprint density at radius 2 is 0.982 bits per heavy atom. The van der Waals surface area contributed by atoms with Crippen molar-refractivity contribution in [2.24, 2.45) is 53.1 Å². The zero-order valence-corrected chi connectivity index (χ0v) is 70.0. The van der Waals surface area contributed by atoms with Crippen molar-refractivity contribution in [1.29, 1.82) is 0 Å². The van der Waals surface area contributed by atoms with Crippen molar-refractivity contribution in [2.75, 3.05) is 40.4 Å². The number of nitrogens with zero attached hydrogens (tertiary/aromatic N) is 2. The fourth-order valence-corrected chi connectivity index (χ4v) is 19.8. The van der Waals surface area contributed by atoms with E-state index in [9.17, 15) is 55.2 Å². The van der Waals surface area contributed by atoms with Gasteiger partial charge in [0.2, 0.25) is 0 Å². The molecule has 29 nitrogen and oxygen atoms in total. The topological polar surface area (TPSA) is 384 Å². The summed E-state index contributed by atoms with van der Waals surface area (Å²) in [6.45, 7) is 38.4. The summed E-state index contributed by atoms with van der Waals surface area (Å²) in [5.41, 5.74) is -0.414. The first-order valence-corrected chi connectivity index (χ1v) is 40.9. The van der Waals surface area contributed by atoms with Gasteiger partial charge in [-0.05, 0) is 139 Å². The Balaban J connectivity index is 0.000000265. The molecule has 4 bridgehead atoms. The zero-order chi connectivity index (χ0) is 82.3. The highest BCUT2D eigenvalue weighted by molar-refractivity contribution is 5.74. The highest BCUT2D eigenvalue weighted by Gasteiger charge is 2.62. The van der Waals surface area contributed by atoms with Gasteiger partial charge in [-0.15, -0.1) is 0 Å². The van der Waals surface area contributed by atoms with Crippen LogP contribution in [0, 0.1) is 47.3 Å². The Bertz CT molecular complexity index is 3160. The van der Waals surface area contributed by atoms with Crippen LogP contribution in [0.2, 0.25) is 0 Å². The zero-order valence-electron chi connectivity index (χ0n) is 70.0. The predicted octanol–water partition coefficient (Wildman–Crippen LogP) is 6.04. The number of carbonyl (C=O) groups excluding carboxylic acids is 3. The molecule has 0 saturated carbocycles. The summed E-state index contributed by atoms with van der Waals surface area (Å²) < 4.78 is 95.9. The summed E-state index contributed by atoms with van der Waals surface area (Å²) in [6, 6.07) is 8.63. The van der Waals surface area contributed by atoms with E-state index in [4.69, 9.17) is 76.8 Å². The van der Waals surface area contributed by atoms with E-state index in [1.165, 1.54) is 28.1 Å². The first-order chi connectivity index (χ1) is 51.8. The molecule has 9 aliphatic rings. The molecule has 0 radical (unpaired) electrons. The third-order valence-electron chi connectivity index (χ3n) is 26.7. The van der Waals surface area contributed by atoms with Crippen molar-refractivity contribution >= 4 is 18.0 Å². The molecule has 1 amide bonds. The van der Waals surface area contributed by atoms with Gasteiger partial charge in [0.15, 0.2) is 25.2 Å². The van der Waals surface area contributed by atoms with Crippen LogP contribution in [-0.4, -0.2) is 290 Å². The van der Waals surface area contributed by atoms with Crippen LogP contribution in [0.1, 0.15) is 195 Å². The maximum atomic E-state index is 14.5. The number of hydrogen-bond acceptors (Lipinski definition) is 28. The molecular formula is C82H139N3O26. The number of aliphatic hydroxyl groups excluding tert-OH is 6. The number of aliphatic hydroxyl groups is 8. The Labute approximate surface area is 658 Å². The Morgan fingerprint density at radius 3 is 1.39 bits per heavy atom. The lowest BCUT2D eigenvalue weighted by molar-refractivity contribution is -0.319. The first-order valence-electron chi connectivity index (χ1n) is 40.9. The minimum Gasteiger partial charge on any atom is -0.459 e. The summed E-state index contributed by atoms with van der Waals surface area (Å²) in [5, 5.41) is 90.9. The first kappa shape index (κ1) is 91.4. The van der Waals surface area contributed by atoms with Crippen LogP contribution in [0.5, 0.6) is 0 Å². The molecule has 38 atom stereocenters. The van der Waals surface area contributed by atoms with E-state index in [1.807, 2.05) is 92.6 Å². The highest BCUT2D eigenvalue weighted by atomic mass is 16.7. The standard InChI is InChI=1S/C47H76N2O14.C35H63NO12/c1-12-34(50)47(10,55)41-28(4)37-26(2)23-46(9,63-37)40(29(5)38(30(6)42(53)61-41)60-35-24-45(8,56-11)39(52)31(7)59-35)62-43-36(51)33(22-27(3)58-43)48-18-20-49(21-19-48)44(54)57-25-32-16-14-13-15-17-32;1-12-23(37)35(10,41)30-18(4)26-16(2)14-34(9,48-26)29(47-32-25(38)22(36)13-17(3)43-32)19(5)27(20(6)31(40)46-30)45-24-15-33(8,42-11)28(39)21(7)44-24/h13-17,26-31,33-41,43,50-52,55H,12,18-25H2,1-11H3;16-30,32,37-39,41H,12-15,36H2,1-11H3/t26?,27?,28-,29-,30+,31?,33?,34+,35-,36?,37?,38-,39-,40+,41+,43-,45?,46-,47+;16?,17?,18-,19-,20+,21?,22?,23+,24-,25?,26?,27-,28-,29+,30+,32-,33?,34-,35+/m00/s1. The van der Waals surface area contributed by atoms with E-state index in [1.54, 1.807) is 60.3 Å². The van der Waals surface area contributed by atoms with Gasteiger partial charge in [-0.25, -0.2) is 4.79 Å². The van der Waals surface area contributed by atoms with Gasteiger partial charge in [-0.2, -0.15) is 0 Å². The number of cyclic esters (lactones) is 2. The average molecular weight is 1580 g/mol. The molecule has 9 fully saturated rings. The number of carbonyl (C=O) groups is 3. The monoisotopic (exact) mass is 1580 g/mol. The lowest BCUT2D eigenvalue weighted by atomic mass is 9.76. The summed E-state index contributed by atoms with van der Waals surface area (Å²) in [4.78, 5) is 45.6. The number of esters is 2. The molecule has 0 aliphatic carbocycles. The Morgan fingerprint density at radius 1 is 0.577 bits per heavy atom. The van der Waals surface area contributed by atoms with Crippen LogP contribution in [0.15, 0.2) is 30.3 Å². The van der Waals surface area contributed by atoms with Crippen LogP contribution in [0.25, 0.3) is 0 Å². The number of benzene rings is 1. The van der Waals surface area contributed by atoms with Gasteiger partial charge in [0, 0.05) is 89.0 Å². The second-order valence-electron chi connectivity index (χ2n) is 35.7. The Kier molecular flexibility index (Phi) is 30.3. The van der Waals surface area contributed by atoms with Gasteiger partial charge >= 0.3 is 18.0 Å². The molecule has 14 unspecified atom stereocenters. The van der Waals surface area contributed by atoms with Crippen LogP contribution >= 0.6 is 0 Å². The number of ether oxygens (including phenoxy) is 15. The molecule has 10 N–H and O–H groups in total. The van der Waals surface area contributed by atoms with E-state index in [0.29, 0.717) is 51.9 Å². The lowest BCUT2D eigenvalue weighted by Gasteiger charge is -2.49. The maximum Gasteiger partial charge on any atom is 0.410 e. The SMILES string of the molecule is CC[C@@H](O)[C@@](C)(O)[C@@H]1OC(=O)[C@H](C)[C@@H](O[C@H]2CC(C)(OC)[C@@H](O)C(C)O2)[C@H](C)[C@@H](O[C@@H]2OC(C)CC(N)C2O)[C@]2(C)CC(C)C(O2)[C@@H]1C.CC[C@@H](O)[C@@](C)(O)[C@@H]1OC(=O)[C@H](C)[C@@H](O[C@H]2CC(C)(OC)[C@@H](O)C(C)O2)[C@H](C)[C@@H](O[C@@H]2OC(C)CC(N3CCN(C(=O)OCc4ccccc4)CC3)C2O)[C@]2(C)CC(C)C(O2)[C@@H]1C. The predicted molar refractivity (Wildman–Crippen MR) is 404 cm³/mol. The van der Waals surface area contributed by atoms with Crippen molar-refractivity contribution in [1.82, 2.24) is 9.80 Å². The molecule has 638 valence electrons. The van der Waals surface area contributed by atoms with Crippen molar-refractivity contribution < 1.29 is 126 Å². The molecule has 111 heavy (non-hydrogen) atoms. The molecule has 1 aromatic rings. The molecular weight excluding hydrogens is 1440 g/mol. The molecule has 1 aromatic carbocycles. The summed E-state index contributed by atoms with van der Waals surface area (Å²) >= 11 is 0. The molecule has 0 aromatic heterocycles. The van der Waals surface area contributed by atoms with E-state index < -0.39 is 210 Å². The van der Waals surface area contributed by atoms with Gasteiger partial charge in [0.25, 0.3) is 0 Å². The molecule has 9 saturated heterocycles. The number of hydrogen-bond donors (Lipinski definition) is 9. The van der Waals surface area contributed by atoms with Crippen LogP contribution < -0.4 is 5.73 Å². The number of fused-ring (bicyclic) bond motifs is 4. The average Bonchev–Trinajstić information content (AvgIpc) is 1.63. The normalized spacial score (nSPS) is 46.6. The van der Waals surface area contributed by atoms with E-state index in [2.05, 4.69) is 11.8 Å². The van der Waals surface area contributed by atoms with E-state index in [0.717, 1.165) is 5.56 Å². The van der Waals surface area contributed by atoms with Crippen LogP contribution in [0.4, 0.5) is 4.79 Å². The van der Waals surface area contributed by atoms with E-state index >= 15 is 0 Å². The number of nitrogens with two attached hydrogens (primary N) is 1. The van der Waals surface area contributed by atoms with Gasteiger partial charge in [-0.1, -0.05) is 85.7 Å².